The van der Waals surface area contributed by atoms with Crippen LogP contribution in [0.15, 0.2) is 22.7 Å². The van der Waals surface area contributed by atoms with Crippen molar-refractivity contribution in [1.82, 2.24) is 4.90 Å². The molecule has 1 heterocycles. The number of benzene rings is 1. The molecule has 2 rings (SSSR count). The molecule has 0 aromatic heterocycles. The fraction of sp³-hybridized carbons (Fsp3) is 0.562. The van der Waals surface area contributed by atoms with Crippen molar-refractivity contribution in [3.63, 3.8) is 0 Å². The first-order chi connectivity index (χ1) is 9.97. The van der Waals surface area contributed by atoms with Crippen LogP contribution < -0.4 is 0 Å². The fourth-order valence-electron chi connectivity index (χ4n) is 2.68. The van der Waals surface area contributed by atoms with Crippen LogP contribution in [0.2, 0.25) is 0 Å². The molecule has 1 fully saturated rings. The van der Waals surface area contributed by atoms with Crippen molar-refractivity contribution in [2.75, 3.05) is 26.3 Å². The highest BCUT2D eigenvalue weighted by Crippen LogP contribution is 2.25. The molecule has 21 heavy (non-hydrogen) atoms. The van der Waals surface area contributed by atoms with Gasteiger partial charge in [0.05, 0.1) is 18.8 Å². The molecule has 1 unspecified atom stereocenters. The molecule has 0 bridgehead atoms. The number of hydrogen-bond acceptors (Lipinski definition) is 3. The van der Waals surface area contributed by atoms with Gasteiger partial charge in [-0.15, -0.1) is 0 Å². The van der Waals surface area contributed by atoms with E-state index in [1.165, 1.54) is 6.07 Å². The Bertz CT molecular complexity index is 517. The summed E-state index contributed by atoms with van der Waals surface area (Å²) >= 11 is 3.23. The number of morpholine rings is 1. The molecule has 1 aromatic rings. The monoisotopic (exact) mass is 357 g/mol. The van der Waals surface area contributed by atoms with Crippen LogP contribution in [0.25, 0.3) is 0 Å². The minimum absolute atomic E-state index is 0.0631. The van der Waals surface area contributed by atoms with E-state index < -0.39 is 5.54 Å². The standard InChI is InChI=1S/C16H21BrFNO2/c1-3-16(2,19-6-8-21-9-7-19)15(20)10-12-4-5-13(17)11-14(12)18/h4-5,11H,3,6-10H2,1-2H3. The van der Waals surface area contributed by atoms with Crippen molar-refractivity contribution in [2.24, 2.45) is 0 Å². The van der Waals surface area contributed by atoms with Crippen molar-refractivity contribution < 1.29 is 13.9 Å². The molecule has 0 radical (unpaired) electrons. The van der Waals surface area contributed by atoms with Crippen LogP contribution in [0.3, 0.4) is 0 Å². The summed E-state index contributed by atoms with van der Waals surface area (Å²) in [7, 11) is 0. The van der Waals surface area contributed by atoms with E-state index in [1.807, 2.05) is 13.8 Å². The van der Waals surface area contributed by atoms with Gasteiger partial charge in [-0.05, 0) is 31.0 Å². The zero-order chi connectivity index (χ0) is 15.5. The number of Topliss-reactive ketones (excluding diaryl/α,β-unsaturated/α-hetero) is 1. The van der Waals surface area contributed by atoms with Gasteiger partial charge in [-0.25, -0.2) is 4.39 Å². The molecule has 5 heteroatoms. The number of halogens is 2. The lowest BCUT2D eigenvalue weighted by Crippen LogP contribution is -2.56. The SMILES string of the molecule is CCC(C)(C(=O)Cc1ccc(Br)cc1F)N1CCOCC1. The molecule has 1 aromatic carbocycles. The van der Waals surface area contributed by atoms with Gasteiger partial charge in [0, 0.05) is 24.0 Å². The Labute approximate surface area is 133 Å². The van der Waals surface area contributed by atoms with Crippen molar-refractivity contribution in [3.8, 4) is 0 Å². The van der Waals surface area contributed by atoms with Gasteiger partial charge in [0.15, 0.2) is 5.78 Å². The van der Waals surface area contributed by atoms with Crippen molar-refractivity contribution in [1.29, 1.82) is 0 Å². The molecular weight excluding hydrogens is 337 g/mol. The highest BCUT2D eigenvalue weighted by atomic mass is 79.9. The van der Waals surface area contributed by atoms with E-state index in [0.717, 1.165) is 13.1 Å². The third kappa shape index (κ3) is 3.71. The van der Waals surface area contributed by atoms with Crippen molar-refractivity contribution >= 4 is 21.7 Å². The Hall–Kier alpha value is -0.780. The normalized spacial score (nSPS) is 19.2. The van der Waals surface area contributed by atoms with Crippen LogP contribution >= 0.6 is 15.9 Å². The Morgan fingerprint density at radius 1 is 1.43 bits per heavy atom. The Morgan fingerprint density at radius 2 is 2.10 bits per heavy atom. The van der Waals surface area contributed by atoms with E-state index in [0.29, 0.717) is 29.7 Å². The van der Waals surface area contributed by atoms with Crippen LogP contribution in [0.4, 0.5) is 4.39 Å². The minimum Gasteiger partial charge on any atom is -0.379 e. The second-order valence-corrected chi connectivity index (χ2v) is 6.48. The Morgan fingerprint density at radius 3 is 2.67 bits per heavy atom. The maximum Gasteiger partial charge on any atom is 0.157 e. The molecule has 0 saturated carbocycles. The second-order valence-electron chi connectivity index (χ2n) is 5.56. The molecule has 3 nitrogen and oxygen atoms in total. The number of hydrogen-bond donors (Lipinski definition) is 0. The molecule has 0 aliphatic carbocycles. The maximum atomic E-state index is 13.9. The van der Waals surface area contributed by atoms with Gasteiger partial charge >= 0.3 is 0 Å². The van der Waals surface area contributed by atoms with Gasteiger partial charge in [-0.1, -0.05) is 28.9 Å². The van der Waals surface area contributed by atoms with Crippen LogP contribution in [0.1, 0.15) is 25.8 Å². The average Bonchev–Trinajstić information content (AvgIpc) is 2.50. The van der Waals surface area contributed by atoms with E-state index in [4.69, 9.17) is 4.74 Å². The largest absolute Gasteiger partial charge is 0.379 e. The molecule has 116 valence electrons. The number of ketones is 1. The fourth-order valence-corrected chi connectivity index (χ4v) is 3.02. The summed E-state index contributed by atoms with van der Waals surface area (Å²) in [4.78, 5) is 14.9. The highest BCUT2D eigenvalue weighted by molar-refractivity contribution is 9.10. The first-order valence-corrected chi connectivity index (χ1v) is 8.06. The zero-order valence-electron chi connectivity index (χ0n) is 12.5. The van der Waals surface area contributed by atoms with Gasteiger partial charge in [-0.2, -0.15) is 0 Å². The third-order valence-electron chi connectivity index (χ3n) is 4.36. The summed E-state index contributed by atoms with van der Waals surface area (Å²) in [5, 5.41) is 0. The Balaban J connectivity index is 2.15. The number of carbonyl (C=O) groups is 1. The van der Waals surface area contributed by atoms with E-state index >= 15 is 0 Å². The quantitative estimate of drug-likeness (QED) is 0.810. The lowest BCUT2D eigenvalue weighted by Gasteiger charge is -2.41. The summed E-state index contributed by atoms with van der Waals surface area (Å²) in [6.45, 7) is 6.76. The minimum atomic E-state index is -0.552. The molecule has 1 aliphatic heterocycles. The highest BCUT2D eigenvalue weighted by Gasteiger charge is 2.38. The van der Waals surface area contributed by atoms with E-state index in [1.54, 1.807) is 12.1 Å². The van der Waals surface area contributed by atoms with Gasteiger partial charge in [0.2, 0.25) is 0 Å². The molecular formula is C16H21BrFNO2. The van der Waals surface area contributed by atoms with Crippen LogP contribution in [0, 0.1) is 5.82 Å². The first-order valence-electron chi connectivity index (χ1n) is 7.27. The van der Waals surface area contributed by atoms with Gasteiger partial charge in [-0.3, -0.25) is 9.69 Å². The number of ether oxygens (including phenoxy) is 1. The number of nitrogens with zero attached hydrogens (tertiary/aromatic N) is 1. The predicted molar refractivity (Wildman–Crippen MR) is 83.9 cm³/mol. The van der Waals surface area contributed by atoms with Crippen LogP contribution in [-0.2, 0) is 16.0 Å². The van der Waals surface area contributed by atoms with E-state index in [2.05, 4.69) is 20.8 Å². The molecule has 1 saturated heterocycles. The number of carbonyl (C=O) groups excluding carboxylic acids is 1. The predicted octanol–water partition coefficient (Wildman–Crippen LogP) is 3.20. The molecule has 1 atom stereocenters. The van der Waals surface area contributed by atoms with Gasteiger partial charge in [0.1, 0.15) is 5.82 Å². The molecule has 0 N–H and O–H groups in total. The van der Waals surface area contributed by atoms with Gasteiger partial charge < -0.3 is 4.74 Å². The van der Waals surface area contributed by atoms with Crippen LogP contribution in [0.5, 0.6) is 0 Å². The average molecular weight is 358 g/mol. The van der Waals surface area contributed by atoms with Gasteiger partial charge in [0.25, 0.3) is 0 Å². The zero-order valence-corrected chi connectivity index (χ0v) is 14.1. The Kier molecular flexibility index (Phi) is 5.52. The lowest BCUT2D eigenvalue weighted by molar-refractivity contribution is -0.133. The van der Waals surface area contributed by atoms with Crippen LogP contribution in [-0.4, -0.2) is 42.5 Å². The second kappa shape index (κ2) is 6.99. The molecule has 0 spiro atoms. The maximum absolute atomic E-state index is 13.9. The summed E-state index contributed by atoms with van der Waals surface area (Å²) in [5.41, 5.74) is -0.0975. The summed E-state index contributed by atoms with van der Waals surface area (Å²) in [5.74, 6) is -0.272. The lowest BCUT2D eigenvalue weighted by atomic mass is 9.87. The molecule has 1 aliphatic rings. The van der Waals surface area contributed by atoms with E-state index in [-0.39, 0.29) is 18.0 Å². The first kappa shape index (κ1) is 16.6. The smallest absolute Gasteiger partial charge is 0.157 e. The third-order valence-corrected chi connectivity index (χ3v) is 4.86. The van der Waals surface area contributed by atoms with Crippen molar-refractivity contribution in [3.05, 3.63) is 34.1 Å². The summed E-state index contributed by atoms with van der Waals surface area (Å²) in [6, 6.07) is 4.84. The summed E-state index contributed by atoms with van der Waals surface area (Å²) < 4.78 is 20.0. The molecule has 0 amide bonds. The summed E-state index contributed by atoms with van der Waals surface area (Å²) in [6.07, 6.45) is 0.838. The van der Waals surface area contributed by atoms with E-state index in [9.17, 15) is 9.18 Å². The number of rotatable bonds is 5. The topological polar surface area (TPSA) is 29.5 Å². The van der Waals surface area contributed by atoms with Crippen molar-refractivity contribution in [2.45, 2.75) is 32.2 Å².